The summed E-state index contributed by atoms with van der Waals surface area (Å²) in [6, 6.07) is 5.79. The SMILES string of the molecule is COC(=O)C=Cc1cccc(SC(F)(F)F)c1. The Hall–Kier alpha value is -1.43. The van der Waals surface area contributed by atoms with Crippen LogP contribution in [0.15, 0.2) is 35.2 Å². The van der Waals surface area contributed by atoms with Gasteiger partial charge in [-0.05, 0) is 35.5 Å². The average molecular weight is 262 g/mol. The van der Waals surface area contributed by atoms with Crippen molar-refractivity contribution < 1.29 is 22.7 Å². The molecule has 0 saturated heterocycles. The van der Waals surface area contributed by atoms with Gasteiger partial charge in [-0.2, -0.15) is 13.2 Å². The van der Waals surface area contributed by atoms with Crippen LogP contribution in [0.1, 0.15) is 5.56 Å². The van der Waals surface area contributed by atoms with Crippen LogP contribution in [0.3, 0.4) is 0 Å². The number of hydrogen-bond donors (Lipinski definition) is 0. The van der Waals surface area contributed by atoms with E-state index >= 15 is 0 Å². The maximum absolute atomic E-state index is 12.1. The van der Waals surface area contributed by atoms with Crippen molar-refractivity contribution in [3.8, 4) is 0 Å². The van der Waals surface area contributed by atoms with Gasteiger partial charge in [-0.15, -0.1) is 0 Å². The molecule has 0 amide bonds. The third-order valence-corrected chi connectivity index (χ3v) is 2.43. The molecule has 0 bridgehead atoms. The molecule has 92 valence electrons. The fourth-order valence-electron chi connectivity index (χ4n) is 1.05. The number of rotatable bonds is 3. The fourth-order valence-corrected chi connectivity index (χ4v) is 1.66. The molecule has 0 fully saturated rings. The number of carbonyl (C=O) groups excluding carboxylic acids is 1. The first-order valence-electron chi connectivity index (χ1n) is 4.52. The molecule has 0 aromatic heterocycles. The molecule has 0 unspecified atom stereocenters. The molecule has 0 N–H and O–H groups in total. The second-order valence-corrected chi connectivity index (χ2v) is 4.12. The first kappa shape index (κ1) is 13.6. The summed E-state index contributed by atoms with van der Waals surface area (Å²) in [5.74, 6) is -0.557. The Bertz CT molecular complexity index is 427. The highest BCUT2D eigenvalue weighted by Gasteiger charge is 2.29. The highest BCUT2D eigenvalue weighted by molar-refractivity contribution is 8.00. The molecule has 0 aliphatic carbocycles. The van der Waals surface area contributed by atoms with Crippen molar-refractivity contribution in [2.45, 2.75) is 10.4 Å². The van der Waals surface area contributed by atoms with Crippen LogP contribution in [-0.4, -0.2) is 18.6 Å². The van der Waals surface area contributed by atoms with Crippen LogP contribution in [0.5, 0.6) is 0 Å². The van der Waals surface area contributed by atoms with Gasteiger partial charge in [0, 0.05) is 11.0 Å². The zero-order valence-electron chi connectivity index (χ0n) is 8.82. The van der Waals surface area contributed by atoms with Gasteiger partial charge in [-0.25, -0.2) is 4.79 Å². The first-order chi connectivity index (χ1) is 7.90. The molecule has 0 spiro atoms. The number of thioether (sulfide) groups is 1. The topological polar surface area (TPSA) is 26.3 Å². The van der Waals surface area contributed by atoms with E-state index in [2.05, 4.69) is 4.74 Å². The molecule has 0 atom stereocenters. The Morgan fingerprint density at radius 2 is 2.12 bits per heavy atom. The van der Waals surface area contributed by atoms with Gasteiger partial charge in [-0.1, -0.05) is 12.1 Å². The molecule has 0 saturated carbocycles. The molecule has 17 heavy (non-hydrogen) atoms. The van der Waals surface area contributed by atoms with Crippen LogP contribution < -0.4 is 0 Å². The Balaban J connectivity index is 2.79. The number of halogens is 3. The van der Waals surface area contributed by atoms with Gasteiger partial charge < -0.3 is 4.74 Å². The number of hydrogen-bond acceptors (Lipinski definition) is 3. The summed E-state index contributed by atoms with van der Waals surface area (Å²) in [6.45, 7) is 0. The van der Waals surface area contributed by atoms with Crippen LogP contribution in [0.4, 0.5) is 13.2 Å². The summed E-state index contributed by atoms with van der Waals surface area (Å²) in [7, 11) is 1.22. The Morgan fingerprint density at radius 1 is 1.41 bits per heavy atom. The van der Waals surface area contributed by atoms with Gasteiger partial charge >= 0.3 is 11.5 Å². The third-order valence-electron chi connectivity index (χ3n) is 1.70. The molecule has 1 rings (SSSR count). The first-order valence-corrected chi connectivity index (χ1v) is 5.34. The van der Waals surface area contributed by atoms with Gasteiger partial charge in [0.25, 0.3) is 0 Å². The second-order valence-electron chi connectivity index (χ2n) is 2.98. The lowest BCUT2D eigenvalue weighted by Gasteiger charge is -2.05. The smallest absolute Gasteiger partial charge is 0.446 e. The van der Waals surface area contributed by atoms with Gasteiger partial charge in [0.2, 0.25) is 0 Å². The largest absolute Gasteiger partial charge is 0.466 e. The fraction of sp³-hybridized carbons (Fsp3) is 0.182. The molecule has 0 radical (unpaired) electrons. The van der Waals surface area contributed by atoms with Crippen LogP contribution in [0, 0.1) is 0 Å². The highest BCUT2D eigenvalue weighted by atomic mass is 32.2. The average Bonchev–Trinajstić information content (AvgIpc) is 2.24. The predicted octanol–water partition coefficient (Wildman–Crippen LogP) is 3.48. The Kier molecular flexibility index (Phi) is 4.62. The summed E-state index contributed by atoms with van der Waals surface area (Å²) in [5.41, 5.74) is -3.81. The molecule has 2 nitrogen and oxygen atoms in total. The summed E-state index contributed by atoms with van der Waals surface area (Å²) in [5, 5.41) is 0. The minimum atomic E-state index is -4.31. The quantitative estimate of drug-likeness (QED) is 0.474. The lowest BCUT2D eigenvalue weighted by Crippen LogP contribution is -1.98. The normalized spacial score (nSPS) is 11.8. The van der Waals surface area contributed by atoms with E-state index < -0.39 is 11.5 Å². The molecule has 0 heterocycles. The molecule has 0 aliphatic heterocycles. The predicted molar refractivity (Wildman–Crippen MR) is 59.4 cm³/mol. The van der Waals surface area contributed by atoms with Crippen molar-refractivity contribution in [2.75, 3.05) is 7.11 Å². The van der Waals surface area contributed by atoms with E-state index in [9.17, 15) is 18.0 Å². The van der Waals surface area contributed by atoms with Crippen molar-refractivity contribution in [1.29, 1.82) is 0 Å². The number of esters is 1. The number of methoxy groups -OCH3 is 1. The number of carbonyl (C=O) groups is 1. The molecular formula is C11H9F3O2S. The van der Waals surface area contributed by atoms with Crippen LogP contribution in [-0.2, 0) is 9.53 Å². The van der Waals surface area contributed by atoms with Crippen molar-refractivity contribution in [1.82, 2.24) is 0 Å². The number of alkyl halides is 3. The van der Waals surface area contributed by atoms with Crippen molar-refractivity contribution >= 4 is 23.8 Å². The summed E-state index contributed by atoms with van der Waals surface area (Å²) in [4.78, 5) is 10.9. The monoisotopic (exact) mass is 262 g/mol. The van der Waals surface area contributed by atoms with E-state index in [0.717, 1.165) is 6.08 Å². The van der Waals surface area contributed by atoms with Gasteiger partial charge in [0.05, 0.1) is 7.11 Å². The van der Waals surface area contributed by atoms with E-state index in [-0.39, 0.29) is 16.7 Å². The standard InChI is InChI=1S/C11H9F3O2S/c1-16-10(15)6-5-8-3-2-4-9(7-8)17-11(12,13)14/h2-7H,1H3. The van der Waals surface area contributed by atoms with E-state index in [1.54, 1.807) is 6.07 Å². The molecule has 0 aliphatic rings. The number of ether oxygens (including phenoxy) is 1. The molecule has 1 aromatic carbocycles. The van der Waals surface area contributed by atoms with E-state index in [1.807, 2.05) is 0 Å². The minimum Gasteiger partial charge on any atom is -0.466 e. The van der Waals surface area contributed by atoms with Crippen molar-refractivity contribution in [3.63, 3.8) is 0 Å². The van der Waals surface area contributed by atoms with Crippen LogP contribution in [0.2, 0.25) is 0 Å². The molecular weight excluding hydrogens is 253 g/mol. The van der Waals surface area contributed by atoms with E-state index in [0.29, 0.717) is 5.56 Å². The van der Waals surface area contributed by atoms with Crippen molar-refractivity contribution in [3.05, 3.63) is 35.9 Å². The van der Waals surface area contributed by atoms with Gasteiger partial charge in [-0.3, -0.25) is 0 Å². The van der Waals surface area contributed by atoms with Crippen LogP contribution >= 0.6 is 11.8 Å². The highest BCUT2D eigenvalue weighted by Crippen LogP contribution is 2.36. The minimum absolute atomic E-state index is 0.0736. The maximum Gasteiger partial charge on any atom is 0.446 e. The lowest BCUT2D eigenvalue weighted by molar-refractivity contribution is -0.134. The van der Waals surface area contributed by atoms with Gasteiger partial charge in [0.15, 0.2) is 0 Å². The van der Waals surface area contributed by atoms with E-state index in [4.69, 9.17) is 0 Å². The summed E-state index contributed by atoms with van der Waals surface area (Å²) >= 11 is -0.195. The Labute approximate surface area is 100 Å². The second kappa shape index (κ2) is 5.77. The Morgan fingerprint density at radius 3 is 2.71 bits per heavy atom. The zero-order chi connectivity index (χ0) is 12.9. The van der Waals surface area contributed by atoms with Gasteiger partial charge in [0.1, 0.15) is 0 Å². The maximum atomic E-state index is 12.1. The third kappa shape index (κ3) is 5.44. The summed E-state index contributed by atoms with van der Waals surface area (Å²) in [6.07, 6.45) is 2.55. The van der Waals surface area contributed by atoms with Crippen molar-refractivity contribution in [2.24, 2.45) is 0 Å². The molecule has 1 aromatic rings. The summed E-state index contributed by atoms with van der Waals surface area (Å²) < 4.78 is 40.7. The number of benzene rings is 1. The van der Waals surface area contributed by atoms with E-state index in [1.165, 1.54) is 31.4 Å². The van der Waals surface area contributed by atoms with Crippen LogP contribution in [0.25, 0.3) is 6.08 Å². The molecule has 6 heteroatoms. The zero-order valence-corrected chi connectivity index (χ0v) is 9.64. The lowest BCUT2D eigenvalue weighted by atomic mass is 10.2.